The smallest absolute Gasteiger partial charge is 0.416 e. The zero-order valence-electron chi connectivity index (χ0n) is 18.2. The molecule has 0 radical (unpaired) electrons. The standard InChI is InChI=1S/C23H21F2N5O3S/c1-26-34-29-18-11-15(24)10-14(21(18)25)13-30-22(31)33-19-12-16(32-20-4-2-9-27-28-20)5-6-17(19)23(30)7-3-8-23/h2,4-6,9-12,26,29H,3,7-8,13H2,1H3. The Hall–Kier alpha value is -3.44. The molecule has 2 heterocycles. The quantitative estimate of drug-likeness (QED) is 0.445. The minimum Gasteiger partial charge on any atom is -0.437 e. The van der Waals surface area contributed by atoms with Crippen LogP contribution in [0.15, 0.2) is 48.7 Å². The van der Waals surface area contributed by atoms with E-state index in [1.54, 1.807) is 31.3 Å². The molecule has 1 amide bonds. The number of carbonyl (C=O) groups is 1. The summed E-state index contributed by atoms with van der Waals surface area (Å²) in [6.07, 6.45) is 3.20. The summed E-state index contributed by atoms with van der Waals surface area (Å²) in [6, 6.07) is 10.8. The number of rotatable bonds is 7. The van der Waals surface area contributed by atoms with Crippen LogP contribution in [-0.4, -0.2) is 28.2 Å². The summed E-state index contributed by atoms with van der Waals surface area (Å²) in [4.78, 5) is 14.6. The van der Waals surface area contributed by atoms with Gasteiger partial charge in [-0.15, -0.1) is 5.10 Å². The fourth-order valence-electron chi connectivity index (χ4n) is 4.35. The van der Waals surface area contributed by atoms with E-state index in [9.17, 15) is 9.18 Å². The van der Waals surface area contributed by atoms with Gasteiger partial charge in [0, 0.05) is 47.7 Å². The number of carbonyl (C=O) groups excluding carboxylic acids is 1. The minimum atomic E-state index is -0.651. The molecule has 1 fully saturated rings. The third-order valence-electron chi connectivity index (χ3n) is 6.04. The molecule has 176 valence electrons. The Kier molecular flexibility index (Phi) is 5.96. The summed E-state index contributed by atoms with van der Waals surface area (Å²) < 4.78 is 46.1. The first-order valence-electron chi connectivity index (χ1n) is 10.7. The van der Waals surface area contributed by atoms with Gasteiger partial charge >= 0.3 is 6.09 Å². The number of nitrogens with one attached hydrogen (secondary N) is 2. The van der Waals surface area contributed by atoms with Crippen molar-refractivity contribution in [3.8, 4) is 17.4 Å². The third-order valence-corrected chi connectivity index (χ3v) is 6.57. The van der Waals surface area contributed by atoms with Crippen LogP contribution < -0.4 is 18.9 Å². The van der Waals surface area contributed by atoms with E-state index in [1.807, 2.05) is 6.07 Å². The van der Waals surface area contributed by atoms with E-state index in [4.69, 9.17) is 9.47 Å². The van der Waals surface area contributed by atoms with Crippen LogP contribution in [0.3, 0.4) is 0 Å². The molecule has 1 aliphatic carbocycles. The molecule has 0 bridgehead atoms. The molecule has 1 saturated carbocycles. The number of hydrogen-bond acceptors (Lipinski definition) is 8. The number of amides is 1. The Morgan fingerprint density at radius 2 is 2.09 bits per heavy atom. The number of ether oxygens (including phenoxy) is 2. The zero-order chi connectivity index (χ0) is 23.7. The van der Waals surface area contributed by atoms with Gasteiger partial charge in [-0.2, -0.15) is 5.10 Å². The highest BCUT2D eigenvalue weighted by atomic mass is 32.2. The van der Waals surface area contributed by atoms with Crippen molar-refractivity contribution in [2.45, 2.75) is 31.3 Å². The lowest BCUT2D eigenvalue weighted by atomic mass is 9.69. The van der Waals surface area contributed by atoms with Crippen molar-refractivity contribution >= 4 is 23.9 Å². The van der Waals surface area contributed by atoms with Crippen molar-refractivity contribution < 1.29 is 23.0 Å². The molecule has 2 N–H and O–H groups in total. The van der Waals surface area contributed by atoms with Crippen LogP contribution in [0.25, 0.3) is 0 Å². The van der Waals surface area contributed by atoms with Crippen LogP contribution in [0.5, 0.6) is 17.4 Å². The maximum absolute atomic E-state index is 15.1. The largest absolute Gasteiger partial charge is 0.437 e. The van der Waals surface area contributed by atoms with E-state index in [1.165, 1.54) is 11.1 Å². The molecular weight excluding hydrogens is 464 g/mol. The van der Waals surface area contributed by atoms with Crippen LogP contribution in [0, 0.1) is 11.6 Å². The van der Waals surface area contributed by atoms with E-state index in [-0.39, 0.29) is 17.8 Å². The van der Waals surface area contributed by atoms with Crippen molar-refractivity contribution in [3.05, 3.63) is 71.4 Å². The van der Waals surface area contributed by atoms with Gasteiger partial charge in [0.05, 0.1) is 17.8 Å². The van der Waals surface area contributed by atoms with Crippen LogP contribution in [0.4, 0.5) is 19.3 Å². The average molecular weight is 486 g/mol. The molecule has 0 atom stereocenters. The first kappa shape index (κ1) is 22.4. The Morgan fingerprint density at radius 3 is 2.79 bits per heavy atom. The molecule has 34 heavy (non-hydrogen) atoms. The van der Waals surface area contributed by atoms with Crippen molar-refractivity contribution in [2.24, 2.45) is 0 Å². The molecule has 2 aromatic carbocycles. The molecular formula is C23H21F2N5O3S. The molecule has 1 spiro atoms. The van der Waals surface area contributed by atoms with Crippen molar-refractivity contribution in [3.63, 3.8) is 0 Å². The summed E-state index contributed by atoms with van der Waals surface area (Å²) in [5.41, 5.74) is 0.217. The number of fused-ring (bicyclic) bond motifs is 2. The van der Waals surface area contributed by atoms with Crippen molar-refractivity contribution in [1.82, 2.24) is 19.8 Å². The molecule has 2 aliphatic rings. The normalized spacial score (nSPS) is 16.0. The van der Waals surface area contributed by atoms with Gasteiger partial charge in [0.2, 0.25) is 5.88 Å². The second-order valence-electron chi connectivity index (χ2n) is 8.00. The monoisotopic (exact) mass is 485 g/mol. The lowest BCUT2D eigenvalue weighted by Gasteiger charge is -2.52. The average Bonchev–Trinajstić information content (AvgIpc) is 2.80. The van der Waals surface area contributed by atoms with Gasteiger partial charge in [0.1, 0.15) is 17.3 Å². The third kappa shape index (κ3) is 4.01. The Bertz CT molecular complexity index is 1230. The van der Waals surface area contributed by atoms with E-state index in [0.717, 1.165) is 36.3 Å². The van der Waals surface area contributed by atoms with E-state index in [2.05, 4.69) is 19.6 Å². The number of anilines is 1. The summed E-state index contributed by atoms with van der Waals surface area (Å²) in [7, 11) is 1.65. The van der Waals surface area contributed by atoms with Gasteiger partial charge in [-0.05, 0) is 50.6 Å². The first-order chi connectivity index (χ1) is 16.5. The molecule has 1 aromatic heterocycles. The summed E-state index contributed by atoms with van der Waals surface area (Å²) in [5, 5.41) is 7.67. The molecule has 0 unspecified atom stereocenters. The number of aromatic nitrogens is 2. The fourth-order valence-corrected chi connectivity index (χ4v) is 4.71. The van der Waals surface area contributed by atoms with E-state index < -0.39 is 23.3 Å². The summed E-state index contributed by atoms with van der Waals surface area (Å²) in [5.74, 6) is -0.0782. The van der Waals surface area contributed by atoms with Crippen LogP contribution >= 0.6 is 12.1 Å². The number of benzene rings is 2. The highest BCUT2D eigenvalue weighted by Gasteiger charge is 2.52. The van der Waals surface area contributed by atoms with Crippen molar-refractivity contribution in [1.29, 1.82) is 0 Å². The fraction of sp³-hybridized carbons (Fsp3) is 0.261. The molecule has 0 saturated heterocycles. The minimum absolute atomic E-state index is 0.00594. The molecule has 8 nitrogen and oxygen atoms in total. The van der Waals surface area contributed by atoms with Crippen LogP contribution in [0.1, 0.15) is 30.4 Å². The number of nitrogens with zero attached hydrogens (tertiary/aromatic N) is 3. The summed E-state index contributed by atoms with van der Waals surface area (Å²) in [6.45, 7) is -0.126. The molecule has 1 aliphatic heterocycles. The summed E-state index contributed by atoms with van der Waals surface area (Å²) >= 11 is 1.02. The highest BCUT2D eigenvalue weighted by molar-refractivity contribution is 7.98. The maximum atomic E-state index is 15.1. The van der Waals surface area contributed by atoms with Gasteiger partial charge in [0.25, 0.3) is 0 Å². The lowest BCUT2D eigenvalue weighted by molar-refractivity contribution is 0.00108. The van der Waals surface area contributed by atoms with Gasteiger partial charge in [-0.3, -0.25) is 4.90 Å². The van der Waals surface area contributed by atoms with Gasteiger partial charge < -0.3 is 14.2 Å². The van der Waals surface area contributed by atoms with Gasteiger partial charge in [0.15, 0.2) is 5.82 Å². The second kappa shape index (κ2) is 9.07. The maximum Gasteiger partial charge on any atom is 0.416 e. The second-order valence-corrected chi connectivity index (χ2v) is 8.81. The van der Waals surface area contributed by atoms with E-state index in [0.29, 0.717) is 30.2 Å². The van der Waals surface area contributed by atoms with Crippen LogP contribution in [0.2, 0.25) is 0 Å². The number of halogens is 2. The zero-order valence-corrected chi connectivity index (χ0v) is 19.0. The predicted molar refractivity (Wildman–Crippen MR) is 122 cm³/mol. The molecule has 3 aromatic rings. The number of hydrogen-bond donors (Lipinski definition) is 2. The Labute approximate surface area is 198 Å². The van der Waals surface area contributed by atoms with E-state index >= 15 is 4.39 Å². The van der Waals surface area contributed by atoms with Crippen molar-refractivity contribution in [2.75, 3.05) is 11.8 Å². The highest BCUT2D eigenvalue weighted by Crippen LogP contribution is 2.53. The first-order valence-corrected chi connectivity index (χ1v) is 11.5. The Balaban J connectivity index is 1.45. The van der Waals surface area contributed by atoms with Crippen LogP contribution in [-0.2, 0) is 12.1 Å². The predicted octanol–water partition coefficient (Wildman–Crippen LogP) is 5.14. The molecule has 5 rings (SSSR count). The van der Waals surface area contributed by atoms with Gasteiger partial charge in [-0.1, -0.05) is 0 Å². The Morgan fingerprint density at radius 1 is 1.24 bits per heavy atom. The lowest BCUT2D eigenvalue weighted by Crippen LogP contribution is -2.57. The van der Waals surface area contributed by atoms with Gasteiger partial charge in [-0.25, -0.2) is 18.3 Å². The SMILES string of the molecule is CNSNc1cc(F)cc(CN2C(=O)Oc3cc(Oc4cccnn4)ccc3C23CCC3)c1F. The molecule has 11 heteroatoms. The topological polar surface area (TPSA) is 88.6 Å².